The van der Waals surface area contributed by atoms with E-state index in [2.05, 4.69) is 5.32 Å². The van der Waals surface area contributed by atoms with Crippen molar-refractivity contribution in [2.24, 2.45) is 5.92 Å². The molecule has 0 radical (unpaired) electrons. The molecular weight excluding hydrogens is 685 g/mol. The number of carbonyl (C=O) groups excluding carboxylic acids is 1. The number of benzene rings is 3. The number of β-amino-alcohol motifs (C(OH)–C–C–N with tert-alkyl or cyclic N) is 1. The maximum atomic E-state index is 14.9. The normalized spacial score (nSPS) is 16.0. The average molecular weight is 727 g/mol. The molecule has 1 amide bonds. The number of likely N-dealkylation sites (tertiary alicyclic amines) is 1. The largest absolute Gasteiger partial charge is 0.493 e. The highest BCUT2D eigenvalue weighted by Gasteiger charge is 2.57. The summed E-state index contributed by atoms with van der Waals surface area (Å²) >= 11 is 0. The minimum Gasteiger partial charge on any atom is -0.493 e. The van der Waals surface area contributed by atoms with Crippen molar-refractivity contribution in [1.82, 2.24) is 14.8 Å². The Balaban J connectivity index is 1.31. The first-order valence-electron chi connectivity index (χ1n) is 16.8. The van der Waals surface area contributed by atoms with Crippen molar-refractivity contribution in [3.8, 4) is 11.5 Å². The number of non-ortho nitro benzene ring substituents is 1. The average Bonchev–Trinajstić information content (AvgIpc) is 3.46. The summed E-state index contributed by atoms with van der Waals surface area (Å²) < 4.78 is 57.8. The van der Waals surface area contributed by atoms with Crippen LogP contribution in [0.4, 0.5) is 18.9 Å². The van der Waals surface area contributed by atoms with Crippen molar-refractivity contribution >= 4 is 28.5 Å². The third-order valence-electron chi connectivity index (χ3n) is 9.20. The number of hydrogen-bond donors (Lipinski definition) is 3. The number of piperidine rings is 1. The van der Waals surface area contributed by atoms with E-state index in [4.69, 9.17) is 9.47 Å². The van der Waals surface area contributed by atoms with Crippen molar-refractivity contribution in [3.63, 3.8) is 0 Å². The molecule has 1 aromatic heterocycles. The molecule has 3 N–H and O–H groups in total. The van der Waals surface area contributed by atoms with Crippen LogP contribution in [0.2, 0.25) is 0 Å². The van der Waals surface area contributed by atoms with Crippen molar-refractivity contribution < 1.29 is 47.4 Å². The van der Waals surface area contributed by atoms with Crippen LogP contribution in [0.3, 0.4) is 0 Å². The number of fused-ring (bicyclic) bond motifs is 1. The lowest BCUT2D eigenvalue weighted by atomic mass is 9.91. The summed E-state index contributed by atoms with van der Waals surface area (Å²) in [4.78, 5) is 36.9. The lowest BCUT2D eigenvalue weighted by Crippen LogP contribution is -2.53. The zero-order valence-corrected chi connectivity index (χ0v) is 28.9. The Morgan fingerprint density at radius 3 is 2.33 bits per heavy atom. The van der Waals surface area contributed by atoms with Crippen molar-refractivity contribution in [2.45, 2.75) is 63.6 Å². The number of methoxy groups -OCH3 is 1. The molecule has 2 unspecified atom stereocenters. The van der Waals surface area contributed by atoms with E-state index in [1.165, 1.54) is 53.1 Å². The third-order valence-corrected chi connectivity index (χ3v) is 9.20. The van der Waals surface area contributed by atoms with Crippen LogP contribution in [0.15, 0.2) is 72.9 Å². The van der Waals surface area contributed by atoms with E-state index in [0.29, 0.717) is 18.6 Å². The van der Waals surface area contributed by atoms with E-state index in [1.54, 1.807) is 30.3 Å². The Bertz CT molecular complexity index is 1910. The molecule has 2 atom stereocenters. The molecule has 12 nitrogen and oxygen atoms in total. The third kappa shape index (κ3) is 8.48. The zero-order chi connectivity index (χ0) is 37.8. The molecule has 0 aliphatic carbocycles. The summed E-state index contributed by atoms with van der Waals surface area (Å²) in [6.45, 7) is 3.38. The van der Waals surface area contributed by atoms with Gasteiger partial charge < -0.3 is 29.6 Å². The molecule has 2 heterocycles. The predicted octanol–water partition coefficient (Wildman–Crippen LogP) is 6.13. The van der Waals surface area contributed by atoms with Crippen LogP contribution in [0, 0.1) is 16.0 Å². The van der Waals surface area contributed by atoms with Crippen LogP contribution in [0.25, 0.3) is 10.9 Å². The maximum absolute atomic E-state index is 14.9. The fourth-order valence-corrected chi connectivity index (χ4v) is 6.49. The first-order valence-corrected chi connectivity index (χ1v) is 16.8. The second-order valence-corrected chi connectivity index (χ2v) is 13.4. The first-order chi connectivity index (χ1) is 24.6. The van der Waals surface area contributed by atoms with Gasteiger partial charge in [0.2, 0.25) is 5.60 Å². The van der Waals surface area contributed by atoms with Crippen molar-refractivity contribution in [3.05, 3.63) is 99.7 Å². The lowest BCUT2D eigenvalue weighted by molar-refractivity contribution is -0.384. The van der Waals surface area contributed by atoms with Gasteiger partial charge in [-0.2, -0.15) is 13.2 Å². The minimum absolute atomic E-state index is 0.0402. The molecule has 4 aromatic rings. The molecule has 0 spiro atoms. The number of aliphatic hydroxyl groups is 1. The van der Waals surface area contributed by atoms with Gasteiger partial charge in [-0.3, -0.25) is 19.8 Å². The number of rotatable bonds is 14. The number of nitro groups is 1. The highest BCUT2D eigenvalue weighted by Crippen LogP contribution is 2.44. The molecule has 1 fully saturated rings. The SMILES string of the molecule is COc1cc(C(=O)NC(CC(C)C)C(=O)O)ccc1OC1CCN(CC(O)(c2cn(Cc3ccccc3)c3cc([N+](=O)[O-])ccc23)C(F)(F)F)CC1. The van der Waals surface area contributed by atoms with Crippen LogP contribution in [0.1, 0.15) is 54.6 Å². The van der Waals surface area contributed by atoms with Gasteiger partial charge in [-0.1, -0.05) is 44.2 Å². The summed E-state index contributed by atoms with van der Waals surface area (Å²) in [5.74, 6) is -1.16. The molecule has 0 bridgehead atoms. The van der Waals surface area contributed by atoms with Gasteiger partial charge in [0, 0.05) is 61.0 Å². The number of aliphatic carboxylic acids is 1. The van der Waals surface area contributed by atoms with Crippen molar-refractivity contribution in [2.75, 3.05) is 26.7 Å². The fourth-order valence-electron chi connectivity index (χ4n) is 6.49. The minimum atomic E-state index is -5.09. The summed E-state index contributed by atoms with van der Waals surface area (Å²) in [5.41, 5.74) is -2.86. The smallest absolute Gasteiger partial charge is 0.422 e. The Kier molecular flexibility index (Phi) is 11.4. The number of alkyl halides is 3. The van der Waals surface area contributed by atoms with Gasteiger partial charge in [0.15, 0.2) is 11.5 Å². The molecular formula is C37H41F3N4O8. The topological polar surface area (TPSA) is 156 Å². The molecule has 52 heavy (non-hydrogen) atoms. The second-order valence-electron chi connectivity index (χ2n) is 13.4. The molecule has 278 valence electrons. The Labute approximate surface area is 297 Å². The molecule has 1 aliphatic rings. The number of carboxylic acid groups (broad SMARTS) is 1. The van der Waals surface area contributed by atoms with Crippen LogP contribution in [-0.2, 0) is 16.9 Å². The standard InChI is InChI=1S/C37H41F3N4O8/c1-23(2)17-30(35(46)47)41-34(45)25-9-12-32(33(18-25)51-3)52-27-13-15-42(16-14-27)22-36(48,37(38,39)40)29-21-43(20-24-7-5-4-6-8-24)31-19-26(44(49)50)10-11-28(29)31/h4-12,18-19,21,23,27,30,48H,13-17,20,22H2,1-3H3,(H,41,45)(H,46,47). The van der Waals surface area contributed by atoms with Gasteiger partial charge in [0.1, 0.15) is 12.1 Å². The highest BCUT2D eigenvalue weighted by molar-refractivity contribution is 5.97. The predicted molar refractivity (Wildman–Crippen MR) is 186 cm³/mol. The molecule has 15 heteroatoms. The first kappa shape index (κ1) is 38.1. The van der Waals surface area contributed by atoms with Gasteiger partial charge in [-0.25, -0.2) is 4.79 Å². The number of ether oxygens (including phenoxy) is 2. The molecule has 0 saturated carbocycles. The van der Waals surface area contributed by atoms with Crippen LogP contribution in [-0.4, -0.2) is 81.5 Å². The number of nitro benzene ring substituents is 1. The number of nitrogens with zero attached hydrogens (tertiary/aromatic N) is 3. The van der Waals surface area contributed by atoms with Crippen LogP contribution in [0.5, 0.6) is 11.5 Å². The summed E-state index contributed by atoms with van der Waals surface area (Å²) in [7, 11) is 1.39. The number of halogens is 3. The van der Waals surface area contributed by atoms with Gasteiger partial charge in [0.25, 0.3) is 11.6 Å². The monoisotopic (exact) mass is 726 g/mol. The van der Waals surface area contributed by atoms with Crippen molar-refractivity contribution in [1.29, 1.82) is 0 Å². The summed E-state index contributed by atoms with van der Waals surface area (Å²) in [6.07, 6.45) is -3.39. The Hall–Kier alpha value is -5.15. The van der Waals surface area contributed by atoms with Gasteiger partial charge in [-0.15, -0.1) is 0 Å². The van der Waals surface area contributed by atoms with Gasteiger partial charge in [0.05, 0.1) is 17.5 Å². The van der Waals surface area contributed by atoms with Crippen LogP contribution >= 0.6 is 0 Å². The van der Waals surface area contributed by atoms with E-state index in [9.17, 15) is 43.1 Å². The molecule has 1 aliphatic heterocycles. The lowest BCUT2D eigenvalue weighted by Gasteiger charge is -2.39. The van der Waals surface area contributed by atoms with E-state index >= 15 is 0 Å². The van der Waals surface area contributed by atoms with Gasteiger partial charge in [-0.05, 0) is 55.0 Å². The van der Waals surface area contributed by atoms with Gasteiger partial charge >= 0.3 is 12.1 Å². The molecule has 3 aromatic carbocycles. The van der Waals surface area contributed by atoms with E-state index in [1.807, 2.05) is 13.8 Å². The number of carboxylic acids is 1. The summed E-state index contributed by atoms with van der Waals surface area (Å²) in [6, 6.07) is 15.9. The number of carbonyl (C=O) groups is 2. The van der Waals surface area contributed by atoms with E-state index in [0.717, 1.165) is 11.6 Å². The highest BCUT2D eigenvalue weighted by atomic mass is 19.4. The second kappa shape index (κ2) is 15.6. The van der Waals surface area contributed by atoms with E-state index < -0.39 is 52.8 Å². The Morgan fingerprint density at radius 1 is 1.04 bits per heavy atom. The number of amides is 1. The van der Waals surface area contributed by atoms with Crippen LogP contribution < -0.4 is 14.8 Å². The van der Waals surface area contributed by atoms with E-state index in [-0.39, 0.29) is 59.9 Å². The maximum Gasteiger partial charge on any atom is 0.422 e. The quantitative estimate of drug-likeness (QED) is 0.103. The zero-order valence-electron chi connectivity index (χ0n) is 28.9. The number of aromatic nitrogens is 1. The fraction of sp³-hybridized carbons (Fsp3) is 0.405. The summed E-state index contributed by atoms with van der Waals surface area (Å²) in [5, 5.41) is 35.2. The number of hydrogen-bond acceptors (Lipinski definition) is 8. The molecule has 1 saturated heterocycles. The molecule has 5 rings (SSSR count). The number of nitrogens with one attached hydrogen (secondary N) is 1. The Morgan fingerprint density at radius 2 is 1.73 bits per heavy atom.